The summed E-state index contributed by atoms with van der Waals surface area (Å²) in [6.07, 6.45) is -1.55. The van der Waals surface area contributed by atoms with Crippen LogP contribution in [-0.4, -0.2) is 77.5 Å². The van der Waals surface area contributed by atoms with Gasteiger partial charge in [-0.15, -0.1) is 0 Å². The van der Waals surface area contributed by atoms with Gasteiger partial charge in [0.25, 0.3) is 0 Å². The molecule has 2 atom stereocenters. The minimum atomic E-state index is -0.777. The van der Waals surface area contributed by atoms with Crippen LogP contribution >= 0.6 is 0 Å². The van der Waals surface area contributed by atoms with Crippen LogP contribution < -0.4 is 12.4 Å². The van der Waals surface area contributed by atoms with E-state index < -0.39 is 12.2 Å². The average Bonchev–Trinajstić information content (AvgIpc) is 2.02. The smallest absolute Gasteiger partial charge is 0.126 e. The van der Waals surface area contributed by atoms with Crippen LogP contribution in [0.2, 0.25) is 0 Å². The second kappa shape index (κ2) is 7.39. The monoisotopic (exact) mass is 229 g/mol. The first kappa shape index (κ1) is 16.5. The molecular weight excluding hydrogens is 210 g/mol. The molecule has 14 heavy (non-hydrogen) atoms. The van der Waals surface area contributed by atoms with Crippen molar-refractivity contribution in [1.82, 2.24) is 0 Å². The van der Waals surface area contributed by atoms with Crippen LogP contribution in [0.25, 0.3) is 0 Å². The van der Waals surface area contributed by atoms with Gasteiger partial charge in [0, 0.05) is 0 Å². The van der Waals surface area contributed by atoms with Crippen molar-refractivity contribution in [3.05, 3.63) is 0 Å². The Morgan fingerprint density at radius 1 is 0.929 bits per heavy atom. The van der Waals surface area contributed by atoms with Gasteiger partial charge in [0.15, 0.2) is 0 Å². The first-order valence-electron chi connectivity index (χ1n) is 4.31. The van der Waals surface area contributed by atoms with Crippen molar-refractivity contribution < 1.29 is 37.3 Å². The van der Waals surface area contributed by atoms with E-state index in [1.165, 1.54) is 0 Å². The first-order valence-corrected chi connectivity index (χ1v) is 4.31. The minimum Gasteiger partial charge on any atom is -1.00 e. The Balaban J connectivity index is 0. The Labute approximate surface area is 90.6 Å². The van der Waals surface area contributed by atoms with Gasteiger partial charge in [-0.1, -0.05) is 0 Å². The number of likely N-dealkylation sites (N-methyl/N-ethyl adjacent to an activating group) is 1. The summed E-state index contributed by atoms with van der Waals surface area (Å²) in [4.78, 5) is 0. The molecule has 0 aromatic heterocycles. The first-order chi connectivity index (χ1) is 5.91. The second-order valence-corrected chi connectivity index (χ2v) is 3.97. The Kier molecular flexibility index (Phi) is 8.72. The Morgan fingerprint density at radius 3 is 1.43 bits per heavy atom. The summed E-state index contributed by atoms with van der Waals surface area (Å²) in [5.41, 5.74) is 0. The lowest BCUT2D eigenvalue weighted by molar-refractivity contribution is -0.896. The lowest BCUT2D eigenvalue weighted by Crippen LogP contribution is -3.00. The van der Waals surface area contributed by atoms with Gasteiger partial charge >= 0.3 is 0 Å². The quantitative estimate of drug-likeness (QED) is 0.343. The van der Waals surface area contributed by atoms with E-state index in [0.29, 0.717) is 17.6 Å². The second-order valence-electron chi connectivity index (χ2n) is 3.97. The molecule has 0 saturated heterocycles. The number of rotatable bonds is 6. The SMILES string of the molecule is C[N+](C)(CC(O)CO)CC(O)CO.[Cl-]. The van der Waals surface area contributed by atoms with Crippen molar-refractivity contribution in [2.24, 2.45) is 0 Å². The Hall–Kier alpha value is 0.0900. The van der Waals surface area contributed by atoms with Crippen LogP contribution in [0.4, 0.5) is 0 Å². The highest BCUT2D eigenvalue weighted by atomic mass is 35.5. The number of hydrogen-bond donors (Lipinski definition) is 4. The molecule has 5 nitrogen and oxygen atoms in total. The highest BCUT2D eigenvalue weighted by molar-refractivity contribution is 4.54. The third-order valence-electron chi connectivity index (χ3n) is 1.83. The lowest BCUT2D eigenvalue weighted by Gasteiger charge is -2.32. The summed E-state index contributed by atoms with van der Waals surface area (Å²) >= 11 is 0. The van der Waals surface area contributed by atoms with E-state index in [1.54, 1.807) is 0 Å². The third-order valence-corrected chi connectivity index (χ3v) is 1.83. The number of quaternary nitrogens is 1. The zero-order valence-corrected chi connectivity index (χ0v) is 9.35. The Morgan fingerprint density at radius 2 is 1.21 bits per heavy atom. The summed E-state index contributed by atoms with van der Waals surface area (Å²) in [7, 11) is 3.63. The molecule has 0 bridgehead atoms. The van der Waals surface area contributed by atoms with Crippen molar-refractivity contribution in [2.75, 3.05) is 40.4 Å². The van der Waals surface area contributed by atoms with Gasteiger partial charge in [-0.3, -0.25) is 0 Å². The molecule has 0 radical (unpaired) electrons. The molecular formula is C8H20ClNO4. The fraction of sp³-hybridized carbons (Fsp3) is 1.00. The number of hydrogen-bond acceptors (Lipinski definition) is 4. The van der Waals surface area contributed by atoms with E-state index >= 15 is 0 Å². The molecule has 0 saturated carbocycles. The fourth-order valence-electron chi connectivity index (χ4n) is 1.33. The van der Waals surface area contributed by atoms with Crippen LogP contribution in [0.1, 0.15) is 0 Å². The van der Waals surface area contributed by atoms with Crippen LogP contribution in [0.3, 0.4) is 0 Å². The summed E-state index contributed by atoms with van der Waals surface area (Å²) in [6, 6.07) is 0. The molecule has 0 aromatic rings. The normalized spacial score (nSPS) is 15.9. The molecule has 0 spiro atoms. The number of aliphatic hydroxyl groups is 4. The highest BCUT2D eigenvalue weighted by Crippen LogP contribution is 2.01. The van der Waals surface area contributed by atoms with Gasteiger partial charge in [0.05, 0.1) is 27.3 Å². The molecule has 0 heterocycles. The third kappa shape index (κ3) is 7.49. The molecule has 0 aliphatic heterocycles. The predicted molar refractivity (Wildman–Crippen MR) is 48.0 cm³/mol. The maximum Gasteiger partial charge on any atom is 0.126 e. The van der Waals surface area contributed by atoms with Crippen molar-refractivity contribution >= 4 is 0 Å². The number of nitrogens with zero attached hydrogens (tertiary/aromatic N) is 1. The molecule has 0 amide bonds. The van der Waals surface area contributed by atoms with E-state index in [2.05, 4.69) is 0 Å². The summed E-state index contributed by atoms with van der Waals surface area (Å²) in [5, 5.41) is 35.6. The highest BCUT2D eigenvalue weighted by Gasteiger charge is 2.23. The minimum absolute atomic E-state index is 0. The van der Waals surface area contributed by atoms with Gasteiger partial charge in [-0.2, -0.15) is 0 Å². The van der Waals surface area contributed by atoms with Gasteiger partial charge in [0.2, 0.25) is 0 Å². The van der Waals surface area contributed by atoms with Crippen molar-refractivity contribution in [3.8, 4) is 0 Å². The van der Waals surface area contributed by atoms with Crippen molar-refractivity contribution in [3.63, 3.8) is 0 Å². The van der Waals surface area contributed by atoms with Crippen LogP contribution in [0.15, 0.2) is 0 Å². The molecule has 0 rings (SSSR count). The van der Waals surface area contributed by atoms with Gasteiger partial charge in [0.1, 0.15) is 25.3 Å². The van der Waals surface area contributed by atoms with Crippen LogP contribution in [-0.2, 0) is 0 Å². The van der Waals surface area contributed by atoms with Crippen molar-refractivity contribution in [1.29, 1.82) is 0 Å². The summed E-state index contributed by atoms with van der Waals surface area (Å²) in [5.74, 6) is 0. The Bertz CT molecular complexity index is 131. The van der Waals surface area contributed by atoms with Crippen LogP contribution in [0.5, 0.6) is 0 Å². The molecule has 0 aliphatic carbocycles. The van der Waals surface area contributed by atoms with E-state index in [-0.39, 0.29) is 25.6 Å². The molecule has 0 aliphatic rings. The topological polar surface area (TPSA) is 80.9 Å². The summed E-state index contributed by atoms with van der Waals surface area (Å²) < 4.78 is 0.365. The number of halogens is 1. The van der Waals surface area contributed by atoms with E-state index in [1.807, 2.05) is 14.1 Å². The van der Waals surface area contributed by atoms with E-state index in [4.69, 9.17) is 20.4 Å². The van der Waals surface area contributed by atoms with Crippen LogP contribution in [0, 0.1) is 0 Å². The average molecular weight is 230 g/mol. The molecule has 0 aromatic carbocycles. The maximum absolute atomic E-state index is 9.17. The zero-order chi connectivity index (χ0) is 10.5. The molecule has 2 unspecified atom stereocenters. The summed E-state index contributed by atoms with van der Waals surface area (Å²) in [6.45, 7) is 0.148. The fourth-order valence-corrected chi connectivity index (χ4v) is 1.33. The van der Waals surface area contributed by atoms with E-state index in [0.717, 1.165) is 0 Å². The molecule has 6 heteroatoms. The van der Waals surface area contributed by atoms with Gasteiger partial charge < -0.3 is 37.3 Å². The lowest BCUT2D eigenvalue weighted by atomic mass is 10.2. The van der Waals surface area contributed by atoms with E-state index in [9.17, 15) is 0 Å². The molecule has 88 valence electrons. The standard InChI is InChI=1S/C8H20NO4.ClH/c1-9(2,3-7(12)5-10)4-8(13)6-11;/h7-8,10-13H,3-6H2,1-2H3;1H/q+1;/p-1. The largest absolute Gasteiger partial charge is 1.00 e. The maximum atomic E-state index is 9.17. The predicted octanol–water partition coefficient (Wildman–Crippen LogP) is -5.23. The van der Waals surface area contributed by atoms with Gasteiger partial charge in [-0.25, -0.2) is 0 Å². The van der Waals surface area contributed by atoms with Crippen molar-refractivity contribution in [2.45, 2.75) is 12.2 Å². The van der Waals surface area contributed by atoms with Gasteiger partial charge in [-0.05, 0) is 0 Å². The number of aliphatic hydroxyl groups excluding tert-OH is 4. The zero-order valence-electron chi connectivity index (χ0n) is 8.60. The molecule has 0 fully saturated rings. The molecule has 4 N–H and O–H groups in total.